The molecule has 2 aromatic rings. The zero-order valence-electron chi connectivity index (χ0n) is 11.4. The molecule has 106 valence electrons. The molecule has 0 saturated heterocycles. The monoisotopic (exact) mass is 284 g/mol. The van der Waals surface area contributed by atoms with Gasteiger partial charge in [-0.1, -0.05) is 0 Å². The Morgan fingerprint density at radius 1 is 1.10 bits per heavy atom. The van der Waals surface area contributed by atoms with Gasteiger partial charge in [0.25, 0.3) is 0 Å². The molecule has 5 heteroatoms. The van der Waals surface area contributed by atoms with Gasteiger partial charge in [0.2, 0.25) is 0 Å². The van der Waals surface area contributed by atoms with Gasteiger partial charge in [0.1, 0.15) is 17.2 Å². The van der Waals surface area contributed by atoms with Crippen LogP contribution in [0.5, 0.6) is 17.2 Å². The molecule has 0 spiro atoms. The third kappa shape index (κ3) is 1.78. The second kappa shape index (κ2) is 4.34. The van der Waals surface area contributed by atoms with Crippen molar-refractivity contribution in [1.82, 2.24) is 0 Å². The third-order valence-electron chi connectivity index (χ3n) is 3.60. The number of carbonyl (C=O) groups excluding carboxylic acids is 2. The molecule has 0 atom stereocenters. The van der Waals surface area contributed by atoms with E-state index in [1.807, 2.05) is 0 Å². The number of benzene rings is 2. The summed E-state index contributed by atoms with van der Waals surface area (Å²) in [5.41, 5.74) is 0.325. The number of phenolic OH excluding ortho intramolecular Hbond substituents is 2. The quantitative estimate of drug-likeness (QED) is 0.840. The van der Waals surface area contributed by atoms with Crippen molar-refractivity contribution in [2.45, 2.75) is 6.92 Å². The highest BCUT2D eigenvalue weighted by Gasteiger charge is 2.29. The van der Waals surface area contributed by atoms with Gasteiger partial charge < -0.3 is 14.9 Å². The lowest BCUT2D eigenvalue weighted by molar-refractivity contribution is 0.0982. The number of allylic oxidation sites excluding steroid dienone is 2. The molecule has 0 fully saturated rings. The molecule has 5 nitrogen and oxygen atoms in total. The van der Waals surface area contributed by atoms with E-state index in [-0.39, 0.29) is 39.4 Å². The van der Waals surface area contributed by atoms with Gasteiger partial charge in [-0.15, -0.1) is 0 Å². The lowest BCUT2D eigenvalue weighted by Gasteiger charge is -2.17. The van der Waals surface area contributed by atoms with Crippen LogP contribution in [0.15, 0.2) is 29.8 Å². The van der Waals surface area contributed by atoms with Crippen molar-refractivity contribution < 1.29 is 24.5 Å². The van der Waals surface area contributed by atoms with Crippen LogP contribution in [0.3, 0.4) is 0 Å². The smallest absolute Gasteiger partial charge is 0.193 e. The van der Waals surface area contributed by atoms with Crippen LogP contribution in [0.1, 0.15) is 27.6 Å². The number of ketones is 2. The van der Waals surface area contributed by atoms with Gasteiger partial charge in [-0.05, 0) is 30.5 Å². The summed E-state index contributed by atoms with van der Waals surface area (Å²) in [6, 6.07) is 4.40. The molecule has 0 radical (unpaired) electrons. The van der Waals surface area contributed by atoms with E-state index >= 15 is 0 Å². The lowest BCUT2D eigenvalue weighted by atomic mass is 9.87. The summed E-state index contributed by atoms with van der Waals surface area (Å²) in [6.45, 7) is 1.51. The van der Waals surface area contributed by atoms with E-state index in [4.69, 9.17) is 4.74 Å². The summed E-state index contributed by atoms with van der Waals surface area (Å²) in [7, 11) is 1.44. The van der Waals surface area contributed by atoms with Crippen molar-refractivity contribution >= 4 is 22.3 Å². The van der Waals surface area contributed by atoms with Crippen molar-refractivity contribution in [1.29, 1.82) is 0 Å². The molecule has 1 aliphatic carbocycles. The first-order valence-electron chi connectivity index (χ1n) is 6.28. The van der Waals surface area contributed by atoms with E-state index in [1.54, 1.807) is 6.07 Å². The van der Waals surface area contributed by atoms with E-state index in [0.29, 0.717) is 11.1 Å². The van der Waals surface area contributed by atoms with Crippen LogP contribution in [0, 0.1) is 0 Å². The number of carbonyl (C=O) groups is 2. The Kier molecular flexibility index (Phi) is 2.73. The number of hydrogen-bond acceptors (Lipinski definition) is 5. The molecule has 0 amide bonds. The second-order valence-corrected chi connectivity index (χ2v) is 4.91. The van der Waals surface area contributed by atoms with E-state index in [0.717, 1.165) is 0 Å². The third-order valence-corrected chi connectivity index (χ3v) is 3.60. The summed E-state index contributed by atoms with van der Waals surface area (Å²) >= 11 is 0. The Labute approximate surface area is 120 Å². The zero-order chi connectivity index (χ0) is 15.3. The summed E-state index contributed by atoms with van der Waals surface area (Å²) < 4.78 is 5.05. The minimum absolute atomic E-state index is 0.0621. The molecule has 0 saturated carbocycles. The molecule has 0 heterocycles. The van der Waals surface area contributed by atoms with Crippen molar-refractivity contribution in [2.75, 3.05) is 7.11 Å². The lowest BCUT2D eigenvalue weighted by Crippen LogP contribution is -2.15. The van der Waals surface area contributed by atoms with E-state index in [9.17, 15) is 19.8 Å². The first kappa shape index (κ1) is 13.2. The van der Waals surface area contributed by atoms with Crippen LogP contribution in [-0.2, 0) is 0 Å². The topological polar surface area (TPSA) is 83.8 Å². The molecule has 0 unspecified atom stereocenters. The Morgan fingerprint density at radius 3 is 2.48 bits per heavy atom. The highest BCUT2D eigenvalue weighted by Crippen LogP contribution is 2.41. The van der Waals surface area contributed by atoms with E-state index in [1.165, 1.54) is 32.2 Å². The fraction of sp³-hybridized carbons (Fsp3) is 0.125. The average Bonchev–Trinajstić information content (AvgIpc) is 2.44. The van der Waals surface area contributed by atoms with Gasteiger partial charge in [-0.3, -0.25) is 9.59 Å². The van der Waals surface area contributed by atoms with Crippen molar-refractivity contribution in [3.05, 3.63) is 41.0 Å². The highest BCUT2D eigenvalue weighted by atomic mass is 16.5. The number of rotatable bonds is 1. The molecule has 0 aromatic heterocycles. The predicted octanol–water partition coefficient (Wildman–Crippen LogP) is 2.58. The predicted molar refractivity (Wildman–Crippen MR) is 76.2 cm³/mol. The number of ether oxygens (including phenoxy) is 1. The molecule has 3 rings (SSSR count). The van der Waals surface area contributed by atoms with Crippen LogP contribution >= 0.6 is 0 Å². The second-order valence-electron chi connectivity index (χ2n) is 4.91. The SMILES string of the molecule is COc1cc(O)c2c(O)c3c(cc2c1)C(=O)C=C(C)C3=O. The normalized spacial score (nSPS) is 14.1. The van der Waals surface area contributed by atoms with Gasteiger partial charge in [0.05, 0.1) is 18.1 Å². The van der Waals surface area contributed by atoms with Crippen LogP contribution in [0.25, 0.3) is 10.8 Å². The summed E-state index contributed by atoms with van der Waals surface area (Å²) in [4.78, 5) is 24.2. The molecule has 2 N–H and O–H groups in total. The van der Waals surface area contributed by atoms with E-state index < -0.39 is 5.78 Å². The number of methoxy groups -OCH3 is 1. The molecular formula is C16H12O5. The van der Waals surface area contributed by atoms with Gasteiger partial charge in [0.15, 0.2) is 11.6 Å². The number of fused-ring (bicyclic) bond motifs is 2. The maximum Gasteiger partial charge on any atom is 0.193 e. The number of phenols is 2. The Hall–Kier alpha value is -2.82. The van der Waals surface area contributed by atoms with Crippen molar-refractivity contribution in [3.63, 3.8) is 0 Å². The first-order valence-corrected chi connectivity index (χ1v) is 6.28. The van der Waals surface area contributed by atoms with Crippen LogP contribution in [-0.4, -0.2) is 28.9 Å². The van der Waals surface area contributed by atoms with Crippen LogP contribution < -0.4 is 4.74 Å². The molecule has 21 heavy (non-hydrogen) atoms. The fourth-order valence-electron chi connectivity index (χ4n) is 2.55. The Morgan fingerprint density at radius 2 is 1.81 bits per heavy atom. The fourth-order valence-corrected chi connectivity index (χ4v) is 2.55. The maximum absolute atomic E-state index is 12.2. The minimum atomic E-state index is -0.417. The molecule has 2 aromatic carbocycles. The van der Waals surface area contributed by atoms with Gasteiger partial charge in [-0.2, -0.15) is 0 Å². The highest BCUT2D eigenvalue weighted by molar-refractivity contribution is 6.27. The van der Waals surface area contributed by atoms with Gasteiger partial charge in [-0.25, -0.2) is 0 Å². The number of aromatic hydroxyl groups is 2. The van der Waals surface area contributed by atoms with E-state index in [2.05, 4.69) is 0 Å². The summed E-state index contributed by atoms with van der Waals surface area (Å²) in [5, 5.41) is 20.9. The standard InChI is InChI=1S/C16H12O5/c1-7-3-11(17)10-5-8-4-9(21-2)6-12(18)13(8)16(20)14(10)15(7)19/h3-6,18,20H,1-2H3. The minimum Gasteiger partial charge on any atom is -0.507 e. The molecule has 0 bridgehead atoms. The molecule has 1 aliphatic rings. The Bertz CT molecular complexity index is 846. The van der Waals surface area contributed by atoms with Crippen molar-refractivity contribution in [2.24, 2.45) is 0 Å². The average molecular weight is 284 g/mol. The largest absolute Gasteiger partial charge is 0.507 e. The zero-order valence-corrected chi connectivity index (χ0v) is 11.4. The molecular weight excluding hydrogens is 272 g/mol. The van der Waals surface area contributed by atoms with Crippen LogP contribution in [0.4, 0.5) is 0 Å². The summed E-state index contributed by atoms with van der Waals surface area (Å²) in [5.74, 6) is -0.966. The van der Waals surface area contributed by atoms with Crippen LogP contribution in [0.2, 0.25) is 0 Å². The number of Topliss-reactive ketones (excluding diaryl/α,β-unsaturated/α-hetero) is 1. The van der Waals surface area contributed by atoms with Gasteiger partial charge in [0, 0.05) is 17.2 Å². The maximum atomic E-state index is 12.2. The molecule has 0 aliphatic heterocycles. The van der Waals surface area contributed by atoms with Crippen molar-refractivity contribution in [3.8, 4) is 17.2 Å². The first-order chi connectivity index (χ1) is 9.93. The van der Waals surface area contributed by atoms with Gasteiger partial charge >= 0.3 is 0 Å². The number of hydrogen-bond donors (Lipinski definition) is 2. The summed E-state index contributed by atoms with van der Waals surface area (Å²) in [6.07, 6.45) is 1.25. The Balaban J connectivity index is 2.45.